The third kappa shape index (κ3) is 1.78. The van der Waals surface area contributed by atoms with Crippen molar-refractivity contribution in [3.05, 3.63) is 23.8 Å². The molecule has 3 atom stereocenters. The topological polar surface area (TPSA) is 20.2 Å². The number of hydrogen-bond acceptors (Lipinski definition) is 1. The summed E-state index contributed by atoms with van der Waals surface area (Å²) in [6.45, 7) is 6.78. The van der Waals surface area contributed by atoms with Crippen LogP contribution >= 0.6 is 0 Å². The van der Waals surface area contributed by atoms with Crippen molar-refractivity contribution in [1.29, 1.82) is 0 Å². The standard InChI is InChI=1S/C14H22O/c1-10(2)11-7-8-14(3)12(9-11)5-4-6-13(14)15/h4-5,9-11,13,15H,6-8H2,1-3H3/t11?,13-,14-/m1/s1. The van der Waals surface area contributed by atoms with Crippen molar-refractivity contribution in [3.8, 4) is 0 Å². The Bertz CT molecular complexity index is 300. The maximum atomic E-state index is 10.1. The van der Waals surface area contributed by atoms with Crippen molar-refractivity contribution >= 4 is 0 Å². The number of fused-ring (bicyclic) bond motifs is 1. The van der Waals surface area contributed by atoms with E-state index in [1.54, 1.807) is 0 Å². The Hall–Kier alpha value is -0.560. The Labute approximate surface area is 92.9 Å². The van der Waals surface area contributed by atoms with Crippen LogP contribution in [-0.2, 0) is 0 Å². The molecular weight excluding hydrogens is 184 g/mol. The van der Waals surface area contributed by atoms with Gasteiger partial charge < -0.3 is 5.11 Å². The third-order valence-electron chi connectivity index (χ3n) is 4.30. The van der Waals surface area contributed by atoms with Gasteiger partial charge in [0, 0.05) is 5.41 Å². The summed E-state index contributed by atoms with van der Waals surface area (Å²) in [6.07, 6.45) is 9.73. The smallest absolute Gasteiger partial charge is 0.0668 e. The van der Waals surface area contributed by atoms with Crippen molar-refractivity contribution in [3.63, 3.8) is 0 Å². The Balaban J connectivity index is 2.31. The molecule has 1 unspecified atom stereocenters. The zero-order chi connectivity index (χ0) is 11.1. The van der Waals surface area contributed by atoms with Gasteiger partial charge in [0.25, 0.3) is 0 Å². The number of rotatable bonds is 1. The average molecular weight is 206 g/mol. The lowest BCUT2D eigenvalue weighted by atomic mass is 9.64. The maximum absolute atomic E-state index is 10.1. The van der Waals surface area contributed by atoms with Crippen LogP contribution in [0.3, 0.4) is 0 Å². The number of hydrogen-bond donors (Lipinski definition) is 1. The van der Waals surface area contributed by atoms with Gasteiger partial charge in [0.1, 0.15) is 0 Å². The maximum Gasteiger partial charge on any atom is 0.0668 e. The van der Waals surface area contributed by atoms with Gasteiger partial charge in [0.15, 0.2) is 0 Å². The van der Waals surface area contributed by atoms with Crippen molar-refractivity contribution in [2.24, 2.45) is 17.3 Å². The van der Waals surface area contributed by atoms with Crippen LogP contribution in [0.5, 0.6) is 0 Å². The molecule has 0 heterocycles. The minimum Gasteiger partial charge on any atom is -0.392 e. The van der Waals surface area contributed by atoms with Gasteiger partial charge in [-0.15, -0.1) is 0 Å². The number of aliphatic hydroxyl groups is 1. The lowest BCUT2D eigenvalue weighted by Gasteiger charge is -2.43. The molecule has 2 aliphatic rings. The highest BCUT2D eigenvalue weighted by molar-refractivity contribution is 5.34. The summed E-state index contributed by atoms with van der Waals surface area (Å²) in [5, 5.41) is 10.1. The second kappa shape index (κ2) is 3.79. The van der Waals surface area contributed by atoms with Gasteiger partial charge in [0.05, 0.1) is 6.10 Å². The van der Waals surface area contributed by atoms with Crippen molar-refractivity contribution in [2.45, 2.75) is 46.1 Å². The molecule has 0 bridgehead atoms. The highest BCUT2D eigenvalue weighted by atomic mass is 16.3. The van der Waals surface area contributed by atoms with E-state index in [1.165, 1.54) is 12.0 Å². The predicted molar refractivity (Wildman–Crippen MR) is 63.5 cm³/mol. The van der Waals surface area contributed by atoms with Crippen LogP contribution in [0.2, 0.25) is 0 Å². The SMILES string of the molecule is CC(C)C1C=C2C=CC[C@@H](O)[C@]2(C)CC1. The van der Waals surface area contributed by atoms with E-state index in [0.29, 0.717) is 5.92 Å². The lowest BCUT2D eigenvalue weighted by molar-refractivity contribution is 0.0464. The molecule has 0 aliphatic heterocycles. The second-order valence-electron chi connectivity index (χ2n) is 5.64. The summed E-state index contributed by atoms with van der Waals surface area (Å²) in [7, 11) is 0. The molecule has 2 rings (SSSR count). The van der Waals surface area contributed by atoms with Crippen LogP contribution in [0, 0.1) is 17.3 Å². The Kier molecular flexibility index (Phi) is 2.76. The van der Waals surface area contributed by atoms with Crippen LogP contribution in [0.15, 0.2) is 23.8 Å². The van der Waals surface area contributed by atoms with E-state index in [1.807, 2.05) is 0 Å². The third-order valence-corrected chi connectivity index (χ3v) is 4.30. The molecular formula is C14H22O. The van der Waals surface area contributed by atoms with E-state index < -0.39 is 0 Å². The number of allylic oxidation sites excluding steroid dienone is 2. The van der Waals surface area contributed by atoms with E-state index in [4.69, 9.17) is 0 Å². The Morgan fingerprint density at radius 3 is 2.87 bits per heavy atom. The fourth-order valence-corrected chi connectivity index (χ4v) is 2.83. The van der Waals surface area contributed by atoms with Crippen molar-refractivity contribution < 1.29 is 5.11 Å². The molecule has 0 fully saturated rings. The quantitative estimate of drug-likeness (QED) is 0.698. The first kappa shape index (κ1) is 10.9. The molecule has 0 aromatic rings. The number of aliphatic hydroxyl groups excluding tert-OH is 1. The molecule has 0 saturated heterocycles. The van der Waals surface area contributed by atoms with Gasteiger partial charge in [-0.3, -0.25) is 0 Å². The molecule has 0 spiro atoms. The molecule has 1 N–H and O–H groups in total. The van der Waals surface area contributed by atoms with Crippen LogP contribution in [0.25, 0.3) is 0 Å². The van der Waals surface area contributed by atoms with Gasteiger partial charge in [-0.05, 0) is 36.7 Å². The van der Waals surface area contributed by atoms with E-state index in [0.717, 1.165) is 18.8 Å². The van der Waals surface area contributed by atoms with Gasteiger partial charge in [-0.1, -0.05) is 39.0 Å². The Morgan fingerprint density at radius 1 is 1.47 bits per heavy atom. The van der Waals surface area contributed by atoms with E-state index >= 15 is 0 Å². The first-order chi connectivity index (χ1) is 7.04. The van der Waals surface area contributed by atoms with Gasteiger partial charge in [-0.2, -0.15) is 0 Å². The van der Waals surface area contributed by atoms with E-state index in [-0.39, 0.29) is 11.5 Å². The second-order valence-corrected chi connectivity index (χ2v) is 5.64. The van der Waals surface area contributed by atoms with Gasteiger partial charge >= 0.3 is 0 Å². The molecule has 1 nitrogen and oxygen atoms in total. The van der Waals surface area contributed by atoms with Gasteiger partial charge in [-0.25, -0.2) is 0 Å². The molecule has 0 aromatic carbocycles. The zero-order valence-electron chi connectivity index (χ0n) is 10.0. The molecule has 1 heteroatoms. The summed E-state index contributed by atoms with van der Waals surface area (Å²) < 4.78 is 0. The van der Waals surface area contributed by atoms with E-state index in [2.05, 4.69) is 39.0 Å². The summed E-state index contributed by atoms with van der Waals surface area (Å²) in [4.78, 5) is 0. The molecule has 0 aromatic heterocycles. The van der Waals surface area contributed by atoms with Crippen molar-refractivity contribution in [1.82, 2.24) is 0 Å². The normalized spacial score (nSPS) is 40.2. The summed E-state index contributed by atoms with van der Waals surface area (Å²) >= 11 is 0. The van der Waals surface area contributed by atoms with Crippen molar-refractivity contribution in [2.75, 3.05) is 0 Å². The first-order valence-corrected chi connectivity index (χ1v) is 6.11. The molecule has 2 aliphatic carbocycles. The first-order valence-electron chi connectivity index (χ1n) is 6.11. The van der Waals surface area contributed by atoms with Gasteiger partial charge in [0.2, 0.25) is 0 Å². The van der Waals surface area contributed by atoms with Crippen LogP contribution in [0.4, 0.5) is 0 Å². The minimum atomic E-state index is -0.179. The monoisotopic (exact) mass is 206 g/mol. The average Bonchev–Trinajstić information content (AvgIpc) is 2.19. The molecule has 0 amide bonds. The molecule has 0 saturated carbocycles. The summed E-state index contributed by atoms with van der Waals surface area (Å²) in [6, 6.07) is 0. The van der Waals surface area contributed by atoms with E-state index in [9.17, 15) is 5.11 Å². The fraction of sp³-hybridized carbons (Fsp3) is 0.714. The van der Waals surface area contributed by atoms with Crippen LogP contribution < -0.4 is 0 Å². The summed E-state index contributed by atoms with van der Waals surface area (Å²) in [5.41, 5.74) is 1.39. The summed E-state index contributed by atoms with van der Waals surface area (Å²) in [5.74, 6) is 1.41. The highest BCUT2D eigenvalue weighted by Gasteiger charge is 2.40. The van der Waals surface area contributed by atoms with Crippen LogP contribution in [0.1, 0.15) is 40.0 Å². The lowest BCUT2D eigenvalue weighted by Crippen LogP contribution is -2.38. The van der Waals surface area contributed by atoms with Crippen LogP contribution in [-0.4, -0.2) is 11.2 Å². The molecule has 84 valence electrons. The fourth-order valence-electron chi connectivity index (χ4n) is 2.83. The zero-order valence-corrected chi connectivity index (χ0v) is 10.0. The highest BCUT2D eigenvalue weighted by Crippen LogP contribution is 2.47. The molecule has 15 heavy (non-hydrogen) atoms. The largest absolute Gasteiger partial charge is 0.392 e. The molecule has 0 radical (unpaired) electrons. The predicted octanol–water partition coefficient (Wildman–Crippen LogP) is 3.31. The minimum absolute atomic E-state index is 0.0279. The Morgan fingerprint density at radius 2 is 2.20 bits per heavy atom.